The number of hydrogen-bond acceptors (Lipinski definition) is 5. The van der Waals surface area contributed by atoms with E-state index in [1.165, 1.54) is 0 Å². The zero-order chi connectivity index (χ0) is 23.9. The van der Waals surface area contributed by atoms with Crippen molar-refractivity contribution in [3.63, 3.8) is 0 Å². The van der Waals surface area contributed by atoms with Crippen molar-refractivity contribution in [2.45, 2.75) is 47.1 Å². The number of halogens is 1. The monoisotopic (exact) mass is 465 g/mol. The first-order valence-corrected chi connectivity index (χ1v) is 11.3. The molecule has 7 nitrogen and oxygen atoms in total. The molecule has 4 rings (SSSR count). The van der Waals surface area contributed by atoms with E-state index >= 15 is 0 Å². The van der Waals surface area contributed by atoms with Crippen LogP contribution in [0, 0.1) is 12.8 Å². The van der Waals surface area contributed by atoms with Gasteiger partial charge in [-0.05, 0) is 70.0 Å². The molecule has 1 N–H and O–H groups in total. The SMILES string of the molecule is Cc1nc2ccc(C(=O)NCC(C)C)cc2n2c(-c3cc(OC(C)(C)C)ccc3Cl)nnc12. The molecule has 0 aliphatic heterocycles. The second-order valence-electron chi connectivity index (χ2n) is 9.54. The van der Waals surface area contributed by atoms with Gasteiger partial charge in [-0.3, -0.25) is 9.20 Å². The number of carbonyl (C=O) groups excluding carboxylic acids is 1. The summed E-state index contributed by atoms with van der Waals surface area (Å²) < 4.78 is 7.94. The lowest BCUT2D eigenvalue weighted by Gasteiger charge is -2.21. The maximum atomic E-state index is 12.7. The van der Waals surface area contributed by atoms with E-state index in [1.807, 2.05) is 56.4 Å². The van der Waals surface area contributed by atoms with Crippen molar-refractivity contribution >= 4 is 34.2 Å². The highest BCUT2D eigenvalue weighted by molar-refractivity contribution is 6.33. The largest absolute Gasteiger partial charge is 0.488 e. The Kier molecular flexibility index (Phi) is 6.01. The summed E-state index contributed by atoms with van der Waals surface area (Å²) in [5.74, 6) is 1.47. The van der Waals surface area contributed by atoms with Crippen molar-refractivity contribution < 1.29 is 9.53 Å². The Morgan fingerprint density at radius 1 is 1.15 bits per heavy atom. The summed E-state index contributed by atoms with van der Waals surface area (Å²) in [6, 6.07) is 10.9. The van der Waals surface area contributed by atoms with E-state index in [0.717, 1.165) is 16.7 Å². The molecular weight excluding hydrogens is 438 g/mol. The van der Waals surface area contributed by atoms with Crippen LogP contribution in [-0.2, 0) is 0 Å². The fourth-order valence-corrected chi connectivity index (χ4v) is 3.78. The number of amides is 1. The quantitative estimate of drug-likeness (QED) is 0.422. The summed E-state index contributed by atoms with van der Waals surface area (Å²) >= 11 is 6.59. The first kappa shape index (κ1) is 23.0. The van der Waals surface area contributed by atoms with Crippen molar-refractivity contribution in [2.75, 3.05) is 6.54 Å². The van der Waals surface area contributed by atoms with E-state index in [9.17, 15) is 4.79 Å². The maximum Gasteiger partial charge on any atom is 0.251 e. The lowest BCUT2D eigenvalue weighted by molar-refractivity contribution is 0.0949. The predicted molar refractivity (Wildman–Crippen MR) is 131 cm³/mol. The van der Waals surface area contributed by atoms with Gasteiger partial charge in [0, 0.05) is 17.7 Å². The molecule has 0 unspecified atom stereocenters. The van der Waals surface area contributed by atoms with E-state index in [4.69, 9.17) is 16.3 Å². The van der Waals surface area contributed by atoms with Crippen LogP contribution in [0.2, 0.25) is 5.02 Å². The summed E-state index contributed by atoms with van der Waals surface area (Å²) in [5.41, 5.74) is 3.68. The van der Waals surface area contributed by atoms with Crippen LogP contribution in [0.4, 0.5) is 0 Å². The topological polar surface area (TPSA) is 81.4 Å². The van der Waals surface area contributed by atoms with Gasteiger partial charge in [0.2, 0.25) is 0 Å². The fraction of sp³-hybridized carbons (Fsp3) is 0.360. The average molecular weight is 466 g/mol. The Labute approximate surface area is 198 Å². The molecule has 172 valence electrons. The normalized spacial score (nSPS) is 12.0. The Morgan fingerprint density at radius 3 is 2.61 bits per heavy atom. The summed E-state index contributed by atoms with van der Waals surface area (Å²) in [6.45, 7) is 12.6. The van der Waals surface area contributed by atoms with Gasteiger partial charge >= 0.3 is 0 Å². The van der Waals surface area contributed by atoms with Crippen LogP contribution in [0.3, 0.4) is 0 Å². The minimum absolute atomic E-state index is 0.132. The van der Waals surface area contributed by atoms with Gasteiger partial charge in [-0.1, -0.05) is 25.4 Å². The zero-order valence-corrected chi connectivity index (χ0v) is 20.5. The van der Waals surface area contributed by atoms with Crippen molar-refractivity contribution in [2.24, 2.45) is 5.92 Å². The molecule has 0 spiro atoms. The van der Waals surface area contributed by atoms with Crippen LogP contribution in [0.15, 0.2) is 36.4 Å². The number of fused-ring (bicyclic) bond motifs is 3. The molecular formula is C25H28ClN5O2. The number of nitrogens with one attached hydrogen (secondary N) is 1. The lowest BCUT2D eigenvalue weighted by atomic mass is 10.1. The third-order valence-electron chi connectivity index (χ3n) is 5.03. The van der Waals surface area contributed by atoms with Gasteiger partial charge in [0.05, 0.1) is 21.7 Å². The van der Waals surface area contributed by atoms with Crippen LogP contribution in [0.25, 0.3) is 28.1 Å². The molecule has 0 saturated heterocycles. The van der Waals surface area contributed by atoms with Gasteiger partial charge in [0.1, 0.15) is 11.4 Å². The molecule has 0 aliphatic carbocycles. The average Bonchev–Trinajstić information content (AvgIpc) is 3.18. The highest BCUT2D eigenvalue weighted by atomic mass is 35.5. The Bertz CT molecular complexity index is 1350. The second kappa shape index (κ2) is 8.63. The minimum Gasteiger partial charge on any atom is -0.488 e. The molecule has 8 heteroatoms. The smallest absolute Gasteiger partial charge is 0.251 e. The first-order valence-electron chi connectivity index (χ1n) is 11.0. The number of aromatic nitrogens is 4. The molecule has 1 amide bonds. The van der Waals surface area contributed by atoms with Crippen molar-refractivity contribution in [3.05, 3.63) is 52.7 Å². The number of hydrogen-bond donors (Lipinski definition) is 1. The fourth-order valence-electron chi connectivity index (χ4n) is 3.58. The van der Waals surface area contributed by atoms with Gasteiger partial charge < -0.3 is 10.1 Å². The van der Waals surface area contributed by atoms with Crippen LogP contribution >= 0.6 is 11.6 Å². The lowest BCUT2D eigenvalue weighted by Crippen LogP contribution is -2.27. The van der Waals surface area contributed by atoms with E-state index in [-0.39, 0.29) is 11.5 Å². The maximum absolute atomic E-state index is 12.7. The molecule has 4 aromatic rings. The Hall–Kier alpha value is -3.19. The zero-order valence-electron chi connectivity index (χ0n) is 19.7. The van der Waals surface area contributed by atoms with Gasteiger partial charge in [0.25, 0.3) is 5.91 Å². The molecule has 0 aliphatic rings. The van der Waals surface area contributed by atoms with E-state index < -0.39 is 0 Å². The van der Waals surface area contributed by atoms with Crippen molar-refractivity contribution in [1.29, 1.82) is 0 Å². The number of rotatable bonds is 5. The molecule has 2 aromatic heterocycles. The van der Waals surface area contributed by atoms with Crippen molar-refractivity contribution in [1.82, 2.24) is 24.9 Å². The van der Waals surface area contributed by atoms with Crippen LogP contribution in [0.1, 0.15) is 50.7 Å². The van der Waals surface area contributed by atoms with Crippen LogP contribution < -0.4 is 10.1 Å². The first-order chi connectivity index (χ1) is 15.5. The van der Waals surface area contributed by atoms with Crippen molar-refractivity contribution in [3.8, 4) is 17.1 Å². The third-order valence-corrected chi connectivity index (χ3v) is 5.36. The minimum atomic E-state index is -0.358. The summed E-state index contributed by atoms with van der Waals surface area (Å²) in [5, 5.41) is 12.3. The van der Waals surface area contributed by atoms with E-state index in [0.29, 0.717) is 45.8 Å². The van der Waals surface area contributed by atoms with Gasteiger partial charge in [-0.2, -0.15) is 0 Å². The predicted octanol–water partition coefficient (Wildman–Crippen LogP) is 5.47. The molecule has 0 atom stereocenters. The molecule has 33 heavy (non-hydrogen) atoms. The number of nitrogens with zero attached hydrogens (tertiary/aromatic N) is 4. The number of ether oxygens (including phenoxy) is 1. The Balaban J connectivity index is 1.90. The number of benzene rings is 2. The molecule has 2 heterocycles. The molecule has 0 radical (unpaired) electrons. The number of aryl methyl sites for hydroxylation is 1. The summed E-state index contributed by atoms with van der Waals surface area (Å²) in [6.07, 6.45) is 0. The molecule has 0 bridgehead atoms. The standard InChI is InChI=1S/C25H28ClN5O2/c1-14(2)13-27-24(32)16-7-10-20-21(11-16)31-22(15(3)28-20)29-30-23(31)18-12-17(8-9-19(18)26)33-25(4,5)6/h7-12,14H,13H2,1-6H3,(H,27,32). The highest BCUT2D eigenvalue weighted by Gasteiger charge is 2.20. The molecule has 0 saturated carbocycles. The van der Waals surface area contributed by atoms with Crippen LogP contribution in [0.5, 0.6) is 5.75 Å². The van der Waals surface area contributed by atoms with Crippen LogP contribution in [-0.4, -0.2) is 37.6 Å². The summed E-state index contributed by atoms with van der Waals surface area (Å²) in [7, 11) is 0. The molecule has 2 aromatic carbocycles. The third kappa shape index (κ3) is 4.78. The van der Waals surface area contributed by atoms with Gasteiger partial charge in [0.15, 0.2) is 11.5 Å². The second-order valence-corrected chi connectivity index (χ2v) is 9.95. The van der Waals surface area contributed by atoms with E-state index in [2.05, 4.69) is 34.3 Å². The van der Waals surface area contributed by atoms with E-state index in [1.54, 1.807) is 12.1 Å². The Morgan fingerprint density at radius 2 is 1.91 bits per heavy atom. The molecule has 0 fully saturated rings. The van der Waals surface area contributed by atoms with Gasteiger partial charge in [-0.15, -0.1) is 10.2 Å². The number of carbonyl (C=O) groups is 1. The van der Waals surface area contributed by atoms with Gasteiger partial charge in [-0.25, -0.2) is 4.98 Å². The highest BCUT2D eigenvalue weighted by Crippen LogP contribution is 2.33. The summed E-state index contributed by atoms with van der Waals surface area (Å²) in [4.78, 5) is 17.4.